The van der Waals surface area contributed by atoms with E-state index in [9.17, 15) is 14.9 Å². The number of nitriles is 1. The number of thiophene rings is 1. The molecule has 1 amide bonds. The molecule has 0 fully saturated rings. The molecule has 24 heavy (non-hydrogen) atoms. The van der Waals surface area contributed by atoms with Crippen LogP contribution in [0.4, 0.5) is 10.7 Å². The number of nitrogens with zero attached hydrogens (tertiary/aromatic N) is 2. The van der Waals surface area contributed by atoms with E-state index in [1.807, 2.05) is 18.2 Å². The van der Waals surface area contributed by atoms with Crippen LogP contribution in [0.25, 0.3) is 6.08 Å². The third-order valence-corrected chi connectivity index (χ3v) is 4.89. The number of thioether (sulfide) groups is 1. The van der Waals surface area contributed by atoms with Crippen molar-refractivity contribution in [2.45, 2.75) is 11.3 Å². The van der Waals surface area contributed by atoms with E-state index in [-0.39, 0.29) is 10.9 Å². The average Bonchev–Trinajstić information content (AvgIpc) is 3.04. The molecule has 2 aromatic rings. The van der Waals surface area contributed by atoms with Gasteiger partial charge in [-0.05, 0) is 24.3 Å². The summed E-state index contributed by atoms with van der Waals surface area (Å²) in [5.41, 5.74) is 0.673. The molecule has 6 nitrogen and oxygen atoms in total. The van der Waals surface area contributed by atoms with Crippen LogP contribution in [0.1, 0.15) is 11.3 Å². The second kappa shape index (κ2) is 8.86. The Morgan fingerprint density at radius 1 is 1.38 bits per heavy atom. The van der Waals surface area contributed by atoms with Crippen molar-refractivity contribution in [1.29, 1.82) is 5.26 Å². The second-order valence-corrected chi connectivity index (χ2v) is 6.74. The summed E-state index contributed by atoms with van der Waals surface area (Å²) in [5, 5.41) is 22.0. The van der Waals surface area contributed by atoms with Gasteiger partial charge in [-0.2, -0.15) is 5.26 Å². The van der Waals surface area contributed by atoms with Gasteiger partial charge in [-0.25, -0.2) is 0 Å². The third-order valence-electron chi connectivity index (χ3n) is 2.81. The van der Waals surface area contributed by atoms with Crippen LogP contribution >= 0.6 is 23.1 Å². The highest BCUT2D eigenvalue weighted by Crippen LogP contribution is 2.28. The fraction of sp³-hybridized carbons (Fsp3) is 0.125. The smallest absolute Gasteiger partial charge is 0.321 e. The maximum absolute atomic E-state index is 12.0. The highest BCUT2D eigenvalue weighted by Gasteiger charge is 2.08. The van der Waals surface area contributed by atoms with Gasteiger partial charge < -0.3 is 5.32 Å². The maximum atomic E-state index is 12.0. The van der Waals surface area contributed by atoms with E-state index in [1.54, 1.807) is 18.2 Å². The molecule has 0 unspecified atom stereocenters. The van der Waals surface area contributed by atoms with Crippen molar-refractivity contribution >= 4 is 45.8 Å². The molecular formula is C16H13N3O3S2. The Morgan fingerprint density at radius 2 is 2.17 bits per heavy atom. The zero-order chi connectivity index (χ0) is 17.4. The summed E-state index contributed by atoms with van der Waals surface area (Å²) in [5.74, 6) is 0.331. The normalized spacial score (nSPS) is 10.5. The van der Waals surface area contributed by atoms with E-state index in [0.29, 0.717) is 22.7 Å². The molecular weight excluding hydrogens is 346 g/mol. The Hall–Kier alpha value is -2.63. The standard InChI is InChI=1S/C16H13N3O3S2/c17-10-3-11-23-14-5-2-1-4-13(14)18-15(20)8-6-12-7-9-16(24-12)19(21)22/h1-2,4-9H,3,11H2,(H,18,20). The van der Waals surface area contributed by atoms with Gasteiger partial charge in [0.05, 0.1) is 16.7 Å². The zero-order valence-electron chi connectivity index (χ0n) is 12.5. The molecule has 122 valence electrons. The Bertz CT molecular complexity index is 809. The van der Waals surface area contributed by atoms with Gasteiger partial charge in [-0.1, -0.05) is 23.5 Å². The highest BCUT2D eigenvalue weighted by molar-refractivity contribution is 7.99. The van der Waals surface area contributed by atoms with Gasteiger partial charge in [0, 0.05) is 34.1 Å². The number of carbonyl (C=O) groups excluding carboxylic acids is 1. The molecule has 0 atom stereocenters. The molecule has 0 bridgehead atoms. The quantitative estimate of drug-likeness (QED) is 0.261. The van der Waals surface area contributed by atoms with Gasteiger partial charge in [0.2, 0.25) is 5.91 Å². The van der Waals surface area contributed by atoms with Gasteiger partial charge in [0.1, 0.15) is 0 Å². The molecule has 1 heterocycles. The minimum Gasteiger partial charge on any atom is -0.321 e. The molecule has 1 aromatic heterocycles. The minimum absolute atomic E-state index is 0.0364. The number of rotatable bonds is 7. The molecule has 2 rings (SSSR count). The molecule has 0 aliphatic rings. The fourth-order valence-electron chi connectivity index (χ4n) is 1.76. The predicted octanol–water partition coefficient (Wildman–Crippen LogP) is 4.31. The topological polar surface area (TPSA) is 96.0 Å². The number of nitrogens with one attached hydrogen (secondary N) is 1. The molecule has 0 saturated carbocycles. The summed E-state index contributed by atoms with van der Waals surface area (Å²) in [7, 11) is 0. The number of nitro groups is 1. The van der Waals surface area contributed by atoms with Gasteiger partial charge in [0.25, 0.3) is 0 Å². The third kappa shape index (κ3) is 5.22. The first kappa shape index (κ1) is 17.7. The summed E-state index contributed by atoms with van der Waals surface area (Å²) < 4.78 is 0. The number of hydrogen-bond donors (Lipinski definition) is 1. The number of benzene rings is 1. The van der Waals surface area contributed by atoms with Gasteiger partial charge >= 0.3 is 5.00 Å². The molecule has 0 spiro atoms. The van der Waals surface area contributed by atoms with Crippen LogP contribution < -0.4 is 5.32 Å². The lowest BCUT2D eigenvalue weighted by atomic mass is 10.3. The molecule has 1 N–H and O–H groups in total. The summed E-state index contributed by atoms with van der Waals surface area (Å²) in [6.45, 7) is 0. The van der Waals surface area contributed by atoms with Crippen LogP contribution in [-0.2, 0) is 4.79 Å². The summed E-state index contributed by atoms with van der Waals surface area (Å²) in [6, 6.07) is 12.4. The summed E-state index contributed by atoms with van der Waals surface area (Å²) in [4.78, 5) is 23.7. The summed E-state index contributed by atoms with van der Waals surface area (Å²) in [6.07, 6.45) is 3.31. The molecule has 0 aliphatic carbocycles. The zero-order valence-corrected chi connectivity index (χ0v) is 14.1. The first-order chi connectivity index (χ1) is 11.6. The van der Waals surface area contributed by atoms with Crippen LogP contribution in [0.2, 0.25) is 0 Å². The Morgan fingerprint density at radius 3 is 2.88 bits per heavy atom. The van der Waals surface area contributed by atoms with Gasteiger partial charge in [-0.15, -0.1) is 11.8 Å². The van der Waals surface area contributed by atoms with E-state index in [1.165, 1.54) is 23.9 Å². The predicted molar refractivity (Wildman–Crippen MR) is 96.0 cm³/mol. The Labute approximate surface area is 147 Å². The number of amides is 1. The highest BCUT2D eigenvalue weighted by atomic mass is 32.2. The van der Waals surface area contributed by atoms with E-state index in [0.717, 1.165) is 16.2 Å². The SMILES string of the molecule is N#CCCSc1ccccc1NC(=O)C=Cc1ccc([N+](=O)[O-])s1. The van der Waals surface area contributed by atoms with Gasteiger partial charge in [0.15, 0.2) is 0 Å². The second-order valence-electron chi connectivity index (χ2n) is 4.51. The van der Waals surface area contributed by atoms with Crippen molar-refractivity contribution in [3.63, 3.8) is 0 Å². The van der Waals surface area contributed by atoms with Crippen molar-refractivity contribution < 1.29 is 9.72 Å². The van der Waals surface area contributed by atoms with Crippen LogP contribution in [0.3, 0.4) is 0 Å². The summed E-state index contributed by atoms with van der Waals surface area (Å²) >= 11 is 2.51. The number of para-hydroxylation sites is 1. The monoisotopic (exact) mass is 359 g/mol. The van der Waals surface area contributed by atoms with Crippen molar-refractivity contribution in [1.82, 2.24) is 0 Å². The maximum Gasteiger partial charge on any atom is 0.324 e. The molecule has 1 aromatic carbocycles. The van der Waals surface area contributed by atoms with E-state index in [2.05, 4.69) is 11.4 Å². The Kier molecular flexibility index (Phi) is 6.54. The lowest BCUT2D eigenvalue weighted by Gasteiger charge is -2.08. The van der Waals surface area contributed by atoms with Crippen LogP contribution in [0, 0.1) is 21.4 Å². The number of carbonyl (C=O) groups is 1. The van der Waals surface area contributed by atoms with Crippen molar-refractivity contribution in [3.8, 4) is 6.07 Å². The van der Waals surface area contributed by atoms with Gasteiger partial charge in [-0.3, -0.25) is 14.9 Å². The molecule has 0 saturated heterocycles. The minimum atomic E-state index is -0.462. The molecule has 0 aliphatic heterocycles. The van der Waals surface area contributed by atoms with Crippen LogP contribution in [-0.4, -0.2) is 16.6 Å². The fourth-order valence-corrected chi connectivity index (χ4v) is 3.35. The van der Waals surface area contributed by atoms with Crippen LogP contribution in [0.15, 0.2) is 47.4 Å². The van der Waals surface area contributed by atoms with Crippen molar-refractivity contribution in [3.05, 3.63) is 57.5 Å². The first-order valence-electron chi connectivity index (χ1n) is 6.92. The van der Waals surface area contributed by atoms with E-state index < -0.39 is 4.92 Å². The lowest BCUT2D eigenvalue weighted by Crippen LogP contribution is -2.08. The average molecular weight is 359 g/mol. The first-order valence-corrected chi connectivity index (χ1v) is 8.72. The van der Waals surface area contributed by atoms with E-state index >= 15 is 0 Å². The lowest BCUT2D eigenvalue weighted by molar-refractivity contribution is -0.380. The largest absolute Gasteiger partial charge is 0.324 e. The van der Waals surface area contributed by atoms with Crippen LogP contribution in [0.5, 0.6) is 0 Å². The van der Waals surface area contributed by atoms with Crippen molar-refractivity contribution in [2.24, 2.45) is 0 Å². The van der Waals surface area contributed by atoms with Crippen molar-refractivity contribution in [2.75, 3.05) is 11.1 Å². The Balaban J connectivity index is 2.00. The number of hydrogen-bond acceptors (Lipinski definition) is 6. The number of anilines is 1. The molecule has 0 radical (unpaired) electrons. The van der Waals surface area contributed by atoms with E-state index in [4.69, 9.17) is 5.26 Å². The molecule has 8 heteroatoms.